The second-order valence-corrected chi connectivity index (χ2v) is 8.18. The number of halogens is 2. The van der Waals surface area contributed by atoms with Crippen molar-refractivity contribution in [1.82, 2.24) is 5.32 Å². The van der Waals surface area contributed by atoms with Gasteiger partial charge >= 0.3 is 6.03 Å². The summed E-state index contributed by atoms with van der Waals surface area (Å²) in [4.78, 5) is 38.8. The van der Waals surface area contributed by atoms with Gasteiger partial charge in [-0.05, 0) is 42.5 Å². The third-order valence-electron chi connectivity index (χ3n) is 4.73. The maximum absolute atomic E-state index is 13.1. The zero-order valence-corrected chi connectivity index (χ0v) is 18.9. The minimum atomic E-state index is -0.798. The second-order valence-electron chi connectivity index (χ2n) is 6.86. The highest BCUT2D eigenvalue weighted by molar-refractivity contribution is 9.10. The quantitative estimate of drug-likeness (QED) is 0.370. The number of nitrogens with one attached hydrogen (secondary N) is 1. The lowest BCUT2D eigenvalue weighted by Gasteiger charge is -2.26. The fourth-order valence-corrected chi connectivity index (χ4v) is 3.73. The number of nitrogens with zero attached hydrogens (tertiary/aromatic N) is 1. The summed E-state index contributed by atoms with van der Waals surface area (Å²) in [6.07, 6.45) is 1.41. The largest absolute Gasteiger partial charge is 0.488 e. The zero-order chi connectivity index (χ0) is 22.7. The van der Waals surface area contributed by atoms with Crippen LogP contribution in [-0.2, 0) is 16.2 Å². The van der Waals surface area contributed by atoms with E-state index in [9.17, 15) is 14.4 Å². The van der Waals surface area contributed by atoms with Gasteiger partial charge in [-0.1, -0.05) is 63.9 Å². The molecule has 0 bridgehead atoms. The molecule has 6 nitrogen and oxygen atoms in total. The number of barbiturate groups is 1. The first-order valence-corrected chi connectivity index (χ1v) is 10.7. The van der Waals surface area contributed by atoms with Crippen LogP contribution < -0.4 is 15.0 Å². The second kappa shape index (κ2) is 9.38. The van der Waals surface area contributed by atoms with Gasteiger partial charge < -0.3 is 4.74 Å². The number of imide groups is 2. The van der Waals surface area contributed by atoms with Crippen LogP contribution in [0.15, 0.2) is 82.8 Å². The molecule has 4 rings (SSSR count). The lowest BCUT2D eigenvalue weighted by Crippen LogP contribution is -2.54. The summed E-state index contributed by atoms with van der Waals surface area (Å²) in [6.45, 7) is 0.201. The number of hydrogen-bond acceptors (Lipinski definition) is 4. The van der Waals surface area contributed by atoms with Gasteiger partial charge in [0.1, 0.15) is 17.9 Å². The van der Waals surface area contributed by atoms with E-state index < -0.39 is 17.8 Å². The molecule has 1 aliphatic heterocycles. The summed E-state index contributed by atoms with van der Waals surface area (Å²) >= 11 is 9.60. The number of rotatable bonds is 5. The van der Waals surface area contributed by atoms with Gasteiger partial charge in [0, 0.05) is 20.6 Å². The molecule has 3 aromatic carbocycles. The number of para-hydroxylation sites is 1. The van der Waals surface area contributed by atoms with Crippen molar-refractivity contribution in [3.63, 3.8) is 0 Å². The highest BCUT2D eigenvalue weighted by Gasteiger charge is 2.36. The highest BCUT2D eigenvalue weighted by atomic mass is 79.9. The first-order chi connectivity index (χ1) is 15.4. The van der Waals surface area contributed by atoms with Crippen molar-refractivity contribution in [3.8, 4) is 5.75 Å². The van der Waals surface area contributed by atoms with Crippen LogP contribution in [-0.4, -0.2) is 17.8 Å². The number of carbonyl (C=O) groups excluding carboxylic acids is 3. The van der Waals surface area contributed by atoms with Crippen LogP contribution in [0.3, 0.4) is 0 Å². The maximum Gasteiger partial charge on any atom is 0.335 e. The van der Waals surface area contributed by atoms with Crippen LogP contribution in [0.5, 0.6) is 5.75 Å². The van der Waals surface area contributed by atoms with Crippen molar-refractivity contribution in [2.45, 2.75) is 6.61 Å². The average molecular weight is 512 g/mol. The van der Waals surface area contributed by atoms with E-state index in [1.807, 2.05) is 18.2 Å². The molecule has 1 N–H and O–H groups in total. The van der Waals surface area contributed by atoms with E-state index in [0.717, 1.165) is 14.9 Å². The molecule has 1 fully saturated rings. The highest BCUT2D eigenvalue weighted by Crippen LogP contribution is 2.29. The van der Waals surface area contributed by atoms with Crippen LogP contribution in [0.25, 0.3) is 6.08 Å². The van der Waals surface area contributed by atoms with E-state index in [-0.39, 0.29) is 12.2 Å². The van der Waals surface area contributed by atoms with Gasteiger partial charge in [0.15, 0.2) is 0 Å². The molecular weight excluding hydrogens is 496 g/mol. The molecule has 32 heavy (non-hydrogen) atoms. The molecule has 0 aliphatic carbocycles. The van der Waals surface area contributed by atoms with Crippen molar-refractivity contribution in [2.75, 3.05) is 4.90 Å². The van der Waals surface area contributed by atoms with Gasteiger partial charge in [-0.15, -0.1) is 0 Å². The number of benzene rings is 3. The summed E-state index contributed by atoms with van der Waals surface area (Å²) in [6, 6.07) is 20.1. The SMILES string of the molecule is O=C1NC(=O)N(c2ccccc2)C(=O)C1=Cc1cc(Br)ccc1OCc1ccccc1Cl. The molecule has 0 spiro atoms. The molecule has 0 unspecified atom stereocenters. The standard InChI is InChI=1S/C24H16BrClN2O4/c25-17-10-11-21(32-14-15-6-4-5-9-20(15)26)16(12-17)13-19-22(29)27-24(31)28(23(19)30)18-7-2-1-3-8-18/h1-13H,14H2,(H,27,29,31). The lowest BCUT2D eigenvalue weighted by molar-refractivity contribution is -0.122. The molecular formula is C24H16BrClN2O4. The van der Waals surface area contributed by atoms with Crippen molar-refractivity contribution in [2.24, 2.45) is 0 Å². The smallest absolute Gasteiger partial charge is 0.335 e. The van der Waals surface area contributed by atoms with Gasteiger partial charge in [0.2, 0.25) is 0 Å². The van der Waals surface area contributed by atoms with Crippen molar-refractivity contribution in [1.29, 1.82) is 0 Å². The van der Waals surface area contributed by atoms with Crippen LogP contribution in [0, 0.1) is 0 Å². The van der Waals surface area contributed by atoms with Gasteiger partial charge in [0.25, 0.3) is 11.8 Å². The van der Waals surface area contributed by atoms with Crippen molar-refractivity contribution < 1.29 is 19.1 Å². The Morgan fingerprint density at radius 1 is 0.969 bits per heavy atom. The number of hydrogen-bond donors (Lipinski definition) is 1. The van der Waals surface area contributed by atoms with Crippen LogP contribution in [0.4, 0.5) is 10.5 Å². The number of carbonyl (C=O) groups is 3. The molecule has 160 valence electrons. The molecule has 0 atom stereocenters. The third kappa shape index (κ3) is 4.59. The molecule has 0 aromatic heterocycles. The Kier molecular flexibility index (Phi) is 6.39. The summed E-state index contributed by atoms with van der Waals surface area (Å²) in [5.74, 6) is -1.05. The van der Waals surface area contributed by atoms with E-state index in [2.05, 4.69) is 21.2 Å². The number of ether oxygens (including phenoxy) is 1. The summed E-state index contributed by atoms with van der Waals surface area (Å²) in [5.41, 5.74) is 1.46. The van der Waals surface area contributed by atoms with Crippen molar-refractivity contribution in [3.05, 3.63) is 99.0 Å². The molecule has 3 aromatic rings. The van der Waals surface area contributed by atoms with E-state index in [0.29, 0.717) is 22.0 Å². The van der Waals surface area contributed by atoms with Crippen LogP contribution in [0.1, 0.15) is 11.1 Å². The van der Waals surface area contributed by atoms with Gasteiger partial charge in [0.05, 0.1) is 5.69 Å². The topological polar surface area (TPSA) is 75.7 Å². The van der Waals surface area contributed by atoms with E-state index in [4.69, 9.17) is 16.3 Å². The Bertz CT molecular complexity index is 1240. The minimum Gasteiger partial charge on any atom is -0.488 e. The normalized spacial score (nSPS) is 15.1. The van der Waals surface area contributed by atoms with Crippen molar-refractivity contribution >= 4 is 57.1 Å². The maximum atomic E-state index is 13.1. The number of amides is 4. The predicted octanol–water partition coefficient (Wildman–Crippen LogP) is 5.35. The van der Waals surface area contributed by atoms with Gasteiger partial charge in [-0.3, -0.25) is 14.9 Å². The number of urea groups is 1. The van der Waals surface area contributed by atoms with Gasteiger partial charge in [-0.2, -0.15) is 0 Å². The first kappa shape index (κ1) is 21.8. The summed E-state index contributed by atoms with van der Waals surface area (Å²) < 4.78 is 6.66. The Labute approximate surface area is 197 Å². The molecule has 1 saturated heterocycles. The minimum absolute atomic E-state index is 0.186. The first-order valence-electron chi connectivity index (χ1n) is 9.56. The van der Waals surface area contributed by atoms with Crippen LogP contribution in [0.2, 0.25) is 5.02 Å². The van der Waals surface area contributed by atoms with Gasteiger partial charge in [-0.25, -0.2) is 9.69 Å². The molecule has 0 saturated carbocycles. The lowest BCUT2D eigenvalue weighted by atomic mass is 10.1. The average Bonchev–Trinajstić information content (AvgIpc) is 2.77. The fraction of sp³-hybridized carbons (Fsp3) is 0.0417. The monoisotopic (exact) mass is 510 g/mol. The summed E-state index contributed by atoms with van der Waals surface area (Å²) in [7, 11) is 0. The Balaban J connectivity index is 1.68. The van der Waals surface area contributed by atoms with E-state index in [1.54, 1.807) is 54.6 Å². The molecule has 8 heteroatoms. The fourth-order valence-electron chi connectivity index (χ4n) is 3.16. The predicted molar refractivity (Wildman–Crippen MR) is 125 cm³/mol. The Morgan fingerprint density at radius 2 is 1.69 bits per heavy atom. The molecule has 1 aliphatic rings. The van der Waals surface area contributed by atoms with E-state index in [1.165, 1.54) is 6.08 Å². The summed E-state index contributed by atoms with van der Waals surface area (Å²) in [5, 5.41) is 2.79. The zero-order valence-electron chi connectivity index (χ0n) is 16.5. The van der Waals surface area contributed by atoms with Crippen LogP contribution >= 0.6 is 27.5 Å². The Hall–Kier alpha value is -3.42. The number of anilines is 1. The van der Waals surface area contributed by atoms with E-state index >= 15 is 0 Å². The molecule has 0 radical (unpaired) electrons. The third-order valence-corrected chi connectivity index (χ3v) is 5.59. The Morgan fingerprint density at radius 3 is 2.44 bits per heavy atom. The molecule has 1 heterocycles. The molecule has 4 amide bonds.